The molecule has 3 N–H and O–H groups in total. The van der Waals surface area contributed by atoms with E-state index in [0.717, 1.165) is 35.7 Å². The van der Waals surface area contributed by atoms with Crippen LogP contribution in [0, 0.1) is 17.3 Å². The van der Waals surface area contributed by atoms with Crippen LogP contribution in [-0.2, 0) is 16.0 Å². The second-order valence-electron chi connectivity index (χ2n) is 8.48. The largest absolute Gasteiger partial charge is 0.506 e. The maximum Gasteiger partial charge on any atom is 0.303 e. The van der Waals surface area contributed by atoms with Crippen molar-refractivity contribution >= 4 is 37.8 Å². The fourth-order valence-corrected chi connectivity index (χ4v) is 7.41. The number of hydrogen-bond donors (Lipinski definition) is 3. The number of halogens is 2. The van der Waals surface area contributed by atoms with Gasteiger partial charge in [0.2, 0.25) is 0 Å². The third-order valence-electron chi connectivity index (χ3n) is 7.16. The molecule has 7 heteroatoms. The zero-order valence-corrected chi connectivity index (χ0v) is 18.5. The molecule has 2 fully saturated rings. The lowest BCUT2D eigenvalue weighted by Gasteiger charge is -2.50. The number of phenolic OH excluding ortho intramolecular Hbond substituents is 1. The third-order valence-corrected chi connectivity index (χ3v) is 8.62. The van der Waals surface area contributed by atoms with E-state index in [1.165, 1.54) is 12.5 Å². The first-order valence-electron chi connectivity index (χ1n) is 9.40. The van der Waals surface area contributed by atoms with Crippen LogP contribution < -0.4 is 0 Å². The molecule has 0 amide bonds. The molecule has 0 bridgehead atoms. The number of esters is 1. The molecule has 0 heterocycles. The number of aromatic hydroxyl groups is 1. The number of carbonyl (C=O) groups is 1. The number of benzene rings is 1. The molecule has 0 aliphatic heterocycles. The third kappa shape index (κ3) is 2.80. The molecule has 0 unspecified atom stereocenters. The maximum atomic E-state index is 11.6. The molecule has 0 aromatic heterocycles. The van der Waals surface area contributed by atoms with Crippen molar-refractivity contribution in [1.29, 1.82) is 0 Å². The van der Waals surface area contributed by atoms with Crippen LogP contribution in [0.2, 0.25) is 0 Å². The molecule has 3 aliphatic carbocycles. The SMILES string of the molecule is CC(=O)O[C@H]1[C@H](O)[C@H](O)[C@H]2[C@@H]3CCc4c(cc(Br)c(O)c4Br)[C@H]3CC[C@@]21C. The van der Waals surface area contributed by atoms with Gasteiger partial charge in [-0.25, -0.2) is 0 Å². The van der Waals surface area contributed by atoms with Crippen LogP contribution in [0.15, 0.2) is 15.0 Å². The van der Waals surface area contributed by atoms with E-state index < -0.39 is 29.7 Å². The van der Waals surface area contributed by atoms with Gasteiger partial charge < -0.3 is 20.1 Å². The number of phenols is 1. The van der Waals surface area contributed by atoms with Crippen LogP contribution in [-0.4, -0.2) is 39.6 Å². The number of aliphatic hydroxyl groups is 2. The molecule has 148 valence electrons. The lowest BCUT2D eigenvalue weighted by Crippen LogP contribution is -2.47. The molecule has 4 rings (SSSR count). The average molecular weight is 504 g/mol. The zero-order chi connectivity index (χ0) is 19.7. The van der Waals surface area contributed by atoms with Crippen LogP contribution in [0.1, 0.15) is 50.2 Å². The average Bonchev–Trinajstić information content (AvgIpc) is 2.80. The van der Waals surface area contributed by atoms with E-state index in [1.54, 1.807) is 0 Å². The molecule has 0 saturated heterocycles. The predicted octanol–water partition coefficient (Wildman–Crippen LogP) is 3.65. The Labute approximate surface area is 175 Å². The van der Waals surface area contributed by atoms with Crippen molar-refractivity contribution < 1.29 is 24.9 Å². The molecule has 3 aliphatic rings. The summed E-state index contributed by atoms with van der Waals surface area (Å²) in [4.78, 5) is 11.6. The van der Waals surface area contributed by atoms with Gasteiger partial charge in [-0.2, -0.15) is 0 Å². The van der Waals surface area contributed by atoms with Crippen molar-refractivity contribution in [2.24, 2.45) is 17.3 Å². The minimum atomic E-state index is -1.05. The van der Waals surface area contributed by atoms with Gasteiger partial charge in [-0.3, -0.25) is 4.79 Å². The Morgan fingerprint density at radius 2 is 1.96 bits per heavy atom. The highest BCUT2D eigenvalue weighted by Gasteiger charge is 2.64. The summed E-state index contributed by atoms with van der Waals surface area (Å²) in [6.07, 6.45) is 0.696. The summed E-state index contributed by atoms with van der Waals surface area (Å²) < 4.78 is 6.87. The molecule has 5 nitrogen and oxygen atoms in total. The summed E-state index contributed by atoms with van der Waals surface area (Å²) in [5.41, 5.74) is 1.89. The first-order valence-corrected chi connectivity index (χ1v) is 11.0. The quantitative estimate of drug-likeness (QED) is 0.509. The maximum absolute atomic E-state index is 11.6. The summed E-state index contributed by atoms with van der Waals surface area (Å²) in [6, 6.07) is 2.00. The molecule has 0 spiro atoms. The fourth-order valence-electron chi connectivity index (χ4n) is 6.06. The van der Waals surface area contributed by atoms with Crippen LogP contribution in [0.3, 0.4) is 0 Å². The number of rotatable bonds is 1. The summed E-state index contributed by atoms with van der Waals surface area (Å²) in [7, 11) is 0. The molecule has 1 aromatic carbocycles. The summed E-state index contributed by atoms with van der Waals surface area (Å²) in [5.74, 6) is 0.115. The lowest BCUT2D eigenvalue weighted by molar-refractivity contribution is -0.161. The normalized spacial score (nSPS) is 40.1. The first-order chi connectivity index (χ1) is 12.7. The fraction of sp³-hybridized carbons (Fsp3) is 0.650. The molecular formula is C20H24Br2O5. The van der Waals surface area contributed by atoms with E-state index >= 15 is 0 Å². The van der Waals surface area contributed by atoms with Gasteiger partial charge in [-0.1, -0.05) is 6.92 Å². The number of hydrogen-bond acceptors (Lipinski definition) is 5. The molecule has 1 aromatic rings. The minimum absolute atomic E-state index is 0.130. The van der Waals surface area contributed by atoms with Gasteiger partial charge in [-0.05, 0) is 92.5 Å². The number of ether oxygens (including phenoxy) is 1. The summed E-state index contributed by atoms with van der Waals surface area (Å²) >= 11 is 6.97. The standard InChI is InChI=1S/C20H24Br2O5/c1-8(23)27-19-18(26)17(25)14-10-3-4-11-12(7-13(21)16(24)15(11)22)9(10)5-6-20(14,19)2/h7,9-10,14,17-19,24-26H,3-6H2,1-2H3/t9-,10+,14+,17+,18+,19-,20-/m0/s1. The highest BCUT2D eigenvalue weighted by molar-refractivity contribution is 9.11. The van der Waals surface area contributed by atoms with Gasteiger partial charge in [0.05, 0.1) is 15.0 Å². The number of carbonyl (C=O) groups excluding carboxylic acids is 1. The van der Waals surface area contributed by atoms with E-state index in [4.69, 9.17) is 4.74 Å². The second kappa shape index (κ2) is 6.71. The van der Waals surface area contributed by atoms with Crippen LogP contribution in [0.4, 0.5) is 0 Å². The monoisotopic (exact) mass is 502 g/mol. The Morgan fingerprint density at radius 1 is 1.26 bits per heavy atom. The Morgan fingerprint density at radius 3 is 2.63 bits per heavy atom. The van der Waals surface area contributed by atoms with Crippen LogP contribution in [0.25, 0.3) is 0 Å². The van der Waals surface area contributed by atoms with Gasteiger partial charge >= 0.3 is 5.97 Å². The molecule has 0 radical (unpaired) electrons. The van der Waals surface area contributed by atoms with E-state index in [2.05, 4.69) is 31.9 Å². The predicted molar refractivity (Wildman–Crippen MR) is 106 cm³/mol. The highest BCUT2D eigenvalue weighted by Crippen LogP contribution is 2.62. The Bertz CT molecular complexity index is 797. The first kappa shape index (κ1) is 19.7. The molecule has 27 heavy (non-hydrogen) atoms. The van der Waals surface area contributed by atoms with Crippen molar-refractivity contribution in [3.63, 3.8) is 0 Å². The van der Waals surface area contributed by atoms with Crippen molar-refractivity contribution in [3.8, 4) is 5.75 Å². The van der Waals surface area contributed by atoms with Gasteiger partial charge in [-0.15, -0.1) is 0 Å². The molecular weight excluding hydrogens is 480 g/mol. The summed E-state index contributed by atoms with van der Waals surface area (Å²) in [5, 5.41) is 31.7. The van der Waals surface area contributed by atoms with Gasteiger partial charge in [0.1, 0.15) is 18.0 Å². The number of aliphatic hydroxyl groups excluding tert-OH is 2. The topological polar surface area (TPSA) is 87.0 Å². The van der Waals surface area contributed by atoms with Crippen molar-refractivity contribution in [2.45, 2.75) is 63.8 Å². The van der Waals surface area contributed by atoms with E-state index in [-0.39, 0.29) is 23.5 Å². The van der Waals surface area contributed by atoms with Gasteiger partial charge in [0.25, 0.3) is 0 Å². The zero-order valence-electron chi connectivity index (χ0n) is 15.3. The Hall–Kier alpha value is -0.630. The Kier molecular flexibility index (Phi) is 4.89. The van der Waals surface area contributed by atoms with Crippen molar-refractivity contribution in [1.82, 2.24) is 0 Å². The van der Waals surface area contributed by atoms with Crippen molar-refractivity contribution in [3.05, 3.63) is 26.1 Å². The Balaban J connectivity index is 1.74. The van der Waals surface area contributed by atoms with Crippen LogP contribution in [0.5, 0.6) is 5.75 Å². The van der Waals surface area contributed by atoms with E-state index in [9.17, 15) is 20.1 Å². The molecule has 2 saturated carbocycles. The van der Waals surface area contributed by atoms with Gasteiger partial charge in [0, 0.05) is 12.3 Å². The highest BCUT2D eigenvalue weighted by atomic mass is 79.9. The smallest absolute Gasteiger partial charge is 0.303 e. The van der Waals surface area contributed by atoms with E-state index in [0.29, 0.717) is 4.47 Å². The number of fused-ring (bicyclic) bond motifs is 5. The van der Waals surface area contributed by atoms with E-state index in [1.807, 2.05) is 13.0 Å². The second-order valence-corrected chi connectivity index (χ2v) is 10.1. The molecule has 7 atom stereocenters. The van der Waals surface area contributed by atoms with Crippen LogP contribution >= 0.6 is 31.9 Å². The lowest BCUT2D eigenvalue weighted by atomic mass is 9.55. The minimum Gasteiger partial charge on any atom is -0.506 e. The van der Waals surface area contributed by atoms with Crippen molar-refractivity contribution in [2.75, 3.05) is 0 Å². The summed E-state index contributed by atoms with van der Waals surface area (Å²) in [6.45, 7) is 3.39. The van der Waals surface area contributed by atoms with Gasteiger partial charge in [0.15, 0.2) is 0 Å².